The summed E-state index contributed by atoms with van der Waals surface area (Å²) in [6.07, 6.45) is 1.08. The Morgan fingerprint density at radius 2 is 1.58 bits per heavy atom. The number of rotatable bonds is 7. The molecule has 1 fully saturated rings. The van der Waals surface area contributed by atoms with Gasteiger partial charge >= 0.3 is 5.91 Å². The number of aliphatic hydroxyl groups is 1. The number of amides is 1. The number of nitrogens with zero attached hydrogens (tertiary/aromatic N) is 3. The number of anilines is 1. The molecule has 1 aromatic heterocycles. The van der Waals surface area contributed by atoms with Gasteiger partial charge in [-0.25, -0.2) is 13.4 Å². The molecule has 3 aromatic carbocycles. The van der Waals surface area contributed by atoms with Gasteiger partial charge in [-0.05, 0) is 40.2 Å². The molecule has 232 valence electrons. The summed E-state index contributed by atoms with van der Waals surface area (Å²) in [5.74, 6) is -2.03. The van der Waals surface area contributed by atoms with Crippen molar-refractivity contribution in [2.45, 2.75) is 61.1 Å². The molecule has 1 N–H and O–H groups in total. The van der Waals surface area contributed by atoms with E-state index in [2.05, 4.69) is 25.8 Å². The second kappa shape index (κ2) is 11.7. The molecule has 12 heteroatoms. The van der Waals surface area contributed by atoms with Gasteiger partial charge in [-0.2, -0.15) is 0 Å². The van der Waals surface area contributed by atoms with Crippen molar-refractivity contribution in [2.75, 3.05) is 4.90 Å². The molecule has 1 atom stereocenters. The van der Waals surface area contributed by atoms with E-state index in [4.69, 9.17) is 0 Å². The van der Waals surface area contributed by atoms with Crippen LogP contribution in [-0.2, 0) is 24.8 Å². The Bertz CT molecular complexity index is 1940. The zero-order valence-electron chi connectivity index (χ0n) is 25.2. The number of aliphatic hydroxyl groups excluding tert-OH is 1. The maximum atomic E-state index is 13.6. The normalized spacial score (nSPS) is 16.8. The third kappa shape index (κ3) is 5.90. The number of nitro groups is 1. The van der Waals surface area contributed by atoms with Crippen molar-refractivity contribution in [2.24, 2.45) is 0 Å². The second-order valence-electron chi connectivity index (χ2n) is 12.0. The lowest BCUT2D eigenvalue weighted by molar-refractivity contribution is -0.384. The highest BCUT2D eigenvalue weighted by atomic mass is 32.2. The highest BCUT2D eigenvalue weighted by Crippen LogP contribution is 2.44. The largest absolute Gasteiger partial charge is 0.507 e. The van der Waals surface area contributed by atoms with Gasteiger partial charge in [0.2, 0.25) is 9.84 Å². The van der Waals surface area contributed by atoms with Crippen molar-refractivity contribution in [3.05, 3.63) is 117 Å². The number of carbonyl (C=O) groups excluding carboxylic acids is 2. The number of ketones is 1. The molecule has 5 rings (SSSR count). The fourth-order valence-corrected chi connectivity index (χ4v) is 7.59. The Labute approximate surface area is 264 Å². The summed E-state index contributed by atoms with van der Waals surface area (Å²) in [4.78, 5) is 42.7. The number of non-ortho nitro benzene ring substituents is 1. The molecule has 45 heavy (non-hydrogen) atoms. The summed E-state index contributed by atoms with van der Waals surface area (Å²) in [6.45, 7) is 10.2. The van der Waals surface area contributed by atoms with E-state index < -0.39 is 32.5 Å². The molecule has 0 bridgehead atoms. The van der Waals surface area contributed by atoms with Crippen LogP contribution in [0.15, 0.2) is 93.7 Å². The van der Waals surface area contributed by atoms with Gasteiger partial charge in [0.25, 0.3) is 11.5 Å². The lowest BCUT2D eigenvalue weighted by atomic mass is 9.86. The Morgan fingerprint density at radius 1 is 0.978 bits per heavy atom. The number of aromatic nitrogens is 1. The quantitative estimate of drug-likeness (QED) is 0.0748. The average molecular weight is 646 g/mol. The molecule has 1 aliphatic rings. The molecular weight excluding hydrogens is 615 g/mol. The van der Waals surface area contributed by atoms with E-state index in [0.29, 0.717) is 22.5 Å². The van der Waals surface area contributed by atoms with Crippen molar-refractivity contribution in [1.82, 2.24) is 4.98 Å². The zero-order valence-corrected chi connectivity index (χ0v) is 26.8. The number of hydrogen-bond donors (Lipinski definition) is 1. The lowest BCUT2D eigenvalue weighted by Crippen LogP contribution is -2.29. The highest BCUT2D eigenvalue weighted by molar-refractivity contribution is 7.93. The summed E-state index contributed by atoms with van der Waals surface area (Å²) >= 11 is 0.685. The standard InChI is InChI=1S/C33H31N3O7S2/c1-19(2)20-6-8-21(9-7-20)28-27(29(37)22-10-12-23(13-11-22)33(3,4)5)30(38)31(39)35(28)32-34-18-26(44-32)45(42,43)25-16-14-24(15-17-25)36(40)41/h6-19,28,37H,1-5H3. The number of sulfone groups is 1. The number of carbonyl (C=O) groups is 2. The second-order valence-corrected chi connectivity index (χ2v) is 15.2. The van der Waals surface area contributed by atoms with Crippen LogP contribution < -0.4 is 4.90 Å². The molecule has 0 spiro atoms. The third-order valence-electron chi connectivity index (χ3n) is 7.69. The minimum absolute atomic E-state index is 0.0577. The first-order chi connectivity index (χ1) is 21.1. The first-order valence-corrected chi connectivity index (χ1v) is 16.4. The third-order valence-corrected chi connectivity index (χ3v) is 10.9. The minimum Gasteiger partial charge on any atom is -0.507 e. The van der Waals surface area contributed by atoms with Crippen LogP contribution in [0.4, 0.5) is 10.8 Å². The van der Waals surface area contributed by atoms with Crippen LogP contribution in [0.2, 0.25) is 0 Å². The van der Waals surface area contributed by atoms with Gasteiger partial charge in [-0.3, -0.25) is 24.6 Å². The summed E-state index contributed by atoms with van der Waals surface area (Å²) in [5, 5.41) is 22.5. The van der Waals surface area contributed by atoms with Gasteiger partial charge in [-0.15, -0.1) is 0 Å². The zero-order chi connectivity index (χ0) is 32.8. The van der Waals surface area contributed by atoms with Gasteiger partial charge in [0.1, 0.15) is 9.97 Å². The van der Waals surface area contributed by atoms with Crippen molar-refractivity contribution in [3.63, 3.8) is 0 Å². The topological polar surface area (TPSA) is 148 Å². The predicted octanol–water partition coefficient (Wildman–Crippen LogP) is 6.93. The van der Waals surface area contributed by atoms with Crippen LogP contribution in [0.5, 0.6) is 0 Å². The van der Waals surface area contributed by atoms with E-state index in [-0.39, 0.29) is 42.6 Å². The van der Waals surface area contributed by atoms with Gasteiger partial charge in [0, 0.05) is 17.7 Å². The van der Waals surface area contributed by atoms with E-state index >= 15 is 0 Å². The Kier molecular flexibility index (Phi) is 8.23. The first kappa shape index (κ1) is 31.7. The summed E-state index contributed by atoms with van der Waals surface area (Å²) in [7, 11) is -4.16. The molecular formula is C33H31N3O7S2. The minimum atomic E-state index is -4.16. The molecule has 1 amide bonds. The highest BCUT2D eigenvalue weighted by Gasteiger charge is 2.48. The molecule has 1 unspecified atom stereocenters. The van der Waals surface area contributed by atoms with Crippen molar-refractivity contribution < 1.29 is 28.0 Å². The molecule has 0 saturated carbocycles. The number of nitro benzene ring substituents is 1. The maximum absolute atomic E-state index is 13.6. The molecule has 1 aliphatic heterocycles. The monoisotopic (exact) mass is 645 g/mol. The van der Waals surface area contributed by atoms with Crippen molar-refractivity contribution in [1.29, 1.82) is 0 Å². The van der Waals surface area contributed by atoms with Crippen LogP contribution in [0.1, 0.15) is 68.8 Å². The van der Waals surface area contributed by atoms with Crippen LogP contribution in [0.25, 0.3) is 5.76 Å². The molecule has 10 nitrogen and oxygen atoms in total. The number of thiazole rings is 1. The van der Waals surface area contributed by atoms with Crippen molar-refractivity contribution >= 4 is 49.4 Å². The molecule has 1 saturated heterocycles. The average Bonchev–Trinajstić information content (AvgIpc) is 3.60. The molecule has 4 aromatic rings. The van der Waals surface area contributed by atoms with Gasteiger partial charge in [-0.1, -0.05) is 94.5 Å². The van der Waals surface area contributed by atoms with E-state index in [1.165, 1.54) is 0 Å². The maximum Gasteiger partial charge on any atom is 0.301 e. The van der Waals surface area contributed by atoms with Gasteiger partial charge in [0.05, 0.1) is 27.6 Å². The Balaban J connectivity index is 1.62. The Morgan fingerprint density at radius 3 is 2.11 bits per heavy atom. The number of hydrogen-bond acceptors (Lipinski definition) is 9. The van der Waals surface area contributed by atoms with Gasteiger partial charge < -0.3 is 5.11 Å². The van der Waals surface area contributed by atoms with Crippen LogP contribution >= 0.6 is 11.3 Å². The molecule has 2 heterocycles. The fourth-order valence-electron chi connectivity index (χ4n) is 5.04. The van der Waals surface area contributed by atoms with Crippen LogP contribution in [-0.4, -0.2) is 35.1 Å². The van der Waals surface area contributed by atoms with E-state index in [9.17, 15) is 33.2 Å². The SMILES string of the molecule is CC(C)c1ccc(C2C(=C(O)c3ccc(C(C)(C)C)cc3)C(=O)C(=O)N2c2ncc(S(=O)(=O)c3ccc([N+](=O)[O-])cc3)s2)cc1. The smallest absolute Gasteiger partial charge is 0.301 e. The summed E-state index contributed by atoms with van der Waals surface area (Å²) < 4.78 is 26.5. The van der Waals surface area contributed by atoms with Crippen LogP contribution in [0.3, 0.4) is 0 Å². The number of Topliss-reactive ketones (excluding diaryl/α,β-unsaturated/α-hetero) is 1. The van der Waals surface area contributed by atoms with E-state index in [1.54, 1.807) is 24.3 Å². The predicted molar refractivity (Wildman–Crippen MR) is 171 cm³/mol. The van der Waals surface area contributed by atoms with Crippen molar-refractivity contribution in [3.8, 4) is 0 Å². The first-order valence-electron chi connectivity index (χ1n) is 14.1. The van der Waals surface area contributed by atoms with Gasteiger partial charge in [0.15, 0.2) is 5.13 Å². The van der Waals surface area contributed by atoms with Crippen LogP contribution in [0, 0.1) is 10.1 Å². The molecule has 0 aliphatic carbocycles. The van der Waals surface area contributed by atoms with E-state index in [0.717, 1.165) is 46.5 Å². The lowest BCUT2D eigenvalue weighted by Gasteiger charge is -2.23. The number of benzene rings is 3. The molecule has 0 radical (unpaired) electrons. The van der Waals surface area contributed by atoms with E-state index in [1.807, 2.05) is 38.1 Å². The summed E-state index contributed by atoms with van der Waals surface area (Å²) in [6, 6.07) is 17.7. The summed E-state index contributed by atoms with van der Waals surface area (Å²) in [5.41, 5.74) is 2.38. The Hall–Kier alpha value is -4.68. The fraction of sp³-hybridized carbons (Fsp3) is 0.242.